The van der Waals surface area contributed by atoms with E-state index >= 15 is 0 Å². The summed E-state index contributed by atoms with van der Waals surface area (Å²) in [5, 5.41) is 17.8. The van der Waals surface area contributed by atoms with E-state index in [0.717, 1.165) is 6.42 Å². The summed E-state index contributed by atoms with van der Waals surface area (Å²) in [6.07, 6.45) is 4.84. The fourth-order valence-electron chi connectivity index (χ4n) is 0.841. The third-order valence-electron chi connectivity index (χ3n) is 1.44. The second kappa shape index (κ2) is 3.73. The molecule has 5 heteroatoms. The van der Waals surface area contributed by atoms with Crippen molar-refractivity contribution in [2.24, 2.45) is 0 Å². The fraction of sp³-hybridized carbons (Fsp3) is 0.714. The Balaban J connectivity index is 2.46. The van der Waals surface area contributed by atoms with E-state index in [1.165, 1.54) is 0 Å². The average molecular weight is 237 g/mol. The highest BCUT2D eigenvalue weighted by molar-refractivity contribution is 9.09. The van der Waals surface area contributed by atoms with Gasteiger partial charge in [0.2, 0.25) is 0 Å². The van der Waals surface area contributed by atoms with Gasteiger partial charge in [0, 0.05) is 0 Å². The Bertz CT molecular complexity index is 198. The van der Waals surface area contributed by atoms with Crippen LogP contribution in [-0.2, 0) is 9.47 Å². The molecule has 0 aromatic heterocycles. The van der Waals surface area contributed by atoms with Crippen molar-refractivity contribution in [2.75, 3.05) is 6.61 Å². The molecule has 1 heterocycles. The summed E-state index contributed by atoms with van der Waals surface area (Å²) in [6, 6.07) is 0. The minimum atomic E-state index is -2.54. The maximum atomic E-state index is 8.90. The van der Waals surface area contributed by atoms with Gasteiger partial charge in [0.05, 0.1) is 11.4 Å². The first kappa shape index (κ1) is 9.96. The molecular weight excluding hydrogens is 228 g/mol. The molecule has 2 N–H and O–H groups in total. The van der Waals surface area contributed by atoms with E-state index in [4.69, 9.17) is 21.4 Å². The van der Waals surface area contributed by atoms with Crippen molar-refractivity contribution in [3.05, 3.63) is 0 Å². The zero-order valence-corrected chi connectivity index (χ0v) is 7.82. The van der Waals surface area contributed by atoms with Crippen LogP contribution in [0.1, 0.15) is 6.42 Å². The molecule has 0 amide bonds. The van der Waals surface area contributed by atoms with Crippen LogP contribution < -0.4 is 0 Å². The normalized spacial score (nSPS) is 30.2. The van der Waals surface area contributed by atoms with Gasteiger partial charge in [-0.05, 0) is 12.3 Å². The third-order valence-corrected chi connectivity index (χ3v) is 2.33. The summed E-state index contributed by atoms with van der Waals surface area (Å²) in [5.74, 6) is -0.864. The number of rotatable bonds is 2. The van der Waals surface area contributed by atoms with Crippen molar-refractivity contribution in [1.82, 2.24) is 0 Å². The Morgan fingerprint density at radius 3 is 2.75 bits per heavy atom. The van der Waals surface area contributed by atoms with Gasteiger partial charge in [0.1, 0.15) is 0 Å². The van der Waals surface area contributed by atoms with Gasteiger partial charge >= 0.3 is 5.97 Å². The standard InChI is InChI=1S/C7H9BrO4/c1-2-7(9,10)12-6-5(8)3-4-11-6/h1,5-6,9-10H,3-4H2. The highest BCUT2D eigenvalue weighted by Gasteiger charge is 2.34. The molecule has 0 spiro atoms. The molecule has 68 valence electrons. The van der Waals surface area contributed by atoms with E-state index in [1.807, 2.05) is 0 Å². The summed E-state index contributed by atoms with van der Waals surface area (Å²) in [4.78, 5) is -0.0514. The van der Waals surface area contributed by atoms with Gasteiger partial charge in [-0.25, -0.2) is 0 Å². The van der Waals surface area contributed by atoms with Gasteiger partial charge in [-0.15, -0.1) is 6.42 Å². The monoisotopic (exact) mass is 236 g/mol. The number of ether oxygens (including phenoxy) is 2. The van der Waals surface area contributed by atoms with E-state index in [2.05, 4.69) is 20.7 Å². The summed E-state index contributed by atoms with van der Waals surface area (Å²) >= 11 is 3.25. The number of aliphatic hydroxyl groups is 2. The van der Waals surface area contributed by atoms with E-state index in [9.17, 15) is 0 Å². The van der Waals surface area contributed by atoms with Crippen LogP contribution in [-0.4, -0.2) is 33.9 Å². The molecule has 2 unspecified atom stereocenters. The van der Waals surface area contributed by atoms with E-state index in [-0.39, 0.29) is 4.83 Å². The van der Waals surface area contributed by atoms with Crippen LogP contribution in [0.4, 0.5) is 0 Å². The van der Waals surface area contributed by atoms with Crippen LogP contribution in [0.25, 0.3) is 0 Å². The number of terminal acetylenes is 1. The smallest absolute Gasteiger partial charge is 0.350 e. The lowest BCUT2D eigenvalue weighted by molar-refractivity contribution is -0.344. The molecule has 0 bridgehead atoms. The molecule has 1 saturated heterocycles. The van der Waals surface area contributed by atoms with E-state index in [1.54, 1.807) is 5.92 Å². The summed E-state index contributed by atoms with van der Waals surface area (Å²) < 4.78 is 9.68. The molecule has 12 heavy (non-hydrogen) atoms. The van der Waals surface area contributed by atoms with Crippen LogP contribution in [0, 0.1) is 12.3 Å². The van der Waals surface area contributed by atoms with Crippen molar-refractivity contribution in [1.29, 1.82) is 0 Å². The van der Waals surface area contributed by atoms with Crippen molar-refractivity contribution in [3.63, 3.8) is 0 Å². The molecule has 0 radical (unpaired) electrons. The molecule has 2 atom stereocenters. The molecular formula is C7H9BrO4. The van der Waals surface area contributed by atoms with Crippen LogP contribution in [0.2, 0.25) is 0 Å². The topological polar surface area (TPSA) is 58.9 Å². The molecule has 1 aliphatic rings. The second-order valence-electron chi connectivity index (χ2n) is 2.41. The Kier molecular flexibility index (Phi) is 3.09. The molecule has 0 saturated carbocycles. The first-order chi connectivity index (χ1) is 5.55. The van der Waals surface area contributed by atoms with Gasteiger partial charge in [0.25, 0.3) is 0 Å². The predicted molar refractivity (Wildman–Crippen MR) is 44.2 cm³/mol. The summed E-state index contributed by atoms with van der Waals surface area (Å²) in [7, 11) is 0. The zero-order chi connectivity index (χ0) is 9.19. The summed E-state index contributed by atoms with van der Waals surface area (Å²) in [6.45, 7) is 0.515. The van der Waals surface area contributed by atoms with Gasteiger partial charge < -0.3 is 14.9 Å². The molecule has 1 fully saturated rings. The van der Waals surface area contributed by atoms with E-state index < -0.39 is 12.3 Å². The number of hydrogen-bond donors (Lipinski definition) is 2. The molecule has 1 aliphatic heterocycles. The SMILES string of the molecule is C#CC(O)(O)OC1OCCC1Br. The van der Waals surface area contributed by atoms with Crippen molar-refractivity contribution >= 4 is 15.9 Å². The average Bonchev–Trinajstić information content (AvgIpc) is 2.36. The van der Waals surface area contributed by atoms with Crippen molar-refractivity contribution in [3.8, 4) is 12.3 Å². The zero-order valence-electron chi connectivity index (χ0n) is 6.24. The van der Waals surface area contributed by atoms with Crippen LogP contribution in [0.3, 0.4) is 0 Å². The van der Waals surface area contributed by atoms with E-state index in [0.29, 0.717) is 6.61 Å². The third kappa shape index (κ3) is 2.44. The quantitative estimate of drug-likeness (QED) is 0.396. The first-order valence-electron chi connectivity index (χ1n) is 3.41. The van der Waals surface area contributed by atoms with Crippen molar-refractivity contribution < 1.29 is 19.7 Å². The van der Waals surface area contributed by atoms with Crippen molar-refractivity contribution in [2.45, 2.75) is 23.5 Å². The maximum absolute atomic E-state index is 8.90. The highest BCUT2D eigenvalue weighted by Crippen LogP contribution is 2.24. The maximum Gasteiger partial charge on any atom is 0.350 e. The lowest BCUT2D eigenvalue weighted by Gasteiger charge is -2.21. The Hall–Kier alpha value is -0.120. The van der Waals surface area contributed by atoms with Gasteiger partial charge in [-0.2, -0.15) is 0 Å². The molecule has 0 aromatic rings. The lowest BCUT2D eigenvalue weighted by atomic mass is 10.3. The van der Waals surface area contributed by atoms with Gasteiger partial charge in [-0.1, -0.05) is 15.9 Å². The molecule has 0 aliphatic carbocycles. The minimum absolute atomic E-state index is 0.0514. The number of halogens is 1. The minimum Gasteiger partial charge on any atom is -0.351 e. The molecule has 1 rings (SSSR count). The number of alkyl halides is 1. The van der Waals surface area contributed by atoms with Gasteiger partial charge in [0.15, 0.2) is 6.29 Å². The Morgan fingerprint density at radius 1 is 1.67 bits per heavy atom. The first-order valence-corrected chi connectivity index (χ1v) is 4.33. The highest BCUT2D eigenvalue weighted by atomic mass is 79.9. The molecule has 4 nitrogen and oxygen atoms in total. The number of hydrogen-bond acceptors (Lipinski definition) is 4. The Morgan fingerprint density at radius 2 is 2.33 bits per heavy atom. The largest absolute Gasteiger partial charge is 0.351 e. The fourth-order valence-corrected chi connectivity index (χ4v) is 1.29. The predicted octanol–water partition coefficient (Wildman–Crippen LogP) is -0.216. The summed E-state index contributed by atoms with van der Waals surface area (Å²) in [5.41, 5.74) is 0. The molecule has 0 aromatic carbocycles. The second-order valence-corrected chi connectivity index (χ2v) is 3.59. The van der Waals surface area contributed by atoms with Crippen LogP contribution >= 0.6 is 15.9 Å². The van der Waals surface area contributed by atoms with Crippen LogP contribution in [0.15, 0.2) is 0 Å². The van der Waals surface area contributed by atoms with Crippen LogP contribution in [0.5, 0.6) is 0 Å². The lowest BCUT2D eigenvalue weighted by Crippen LogP contribution is -2.37. The Labute approximate surface area is 78.6 Å². The van der Waals surface area contributed by atoms with Gasteiger partial charge in [-0.3, -0.25) is 4.74 Å².